The van der Waals surface area contributed by atoms with Crippen molar-refractivity contribution < 1.29 is 9.53 Å². The number of ether oxygens (including phenoxy) is 1. The molecular weight excluding hydrogens is 270 g/mol. The maximum atomic E-state index is 11.8. The molecule has 0 aromatic carbocycles. The van der Waals surface area contributed by atoms with Crippen molar-refractivity contribution in [1.29, 1.82) is 0 Å². The second-order valence-corrected chi connectivity index (χ2v) is 5.90. The van der Waals surface area contributed by atoms with Crippen molar-refractivity contribution in [2.24, 2.45) is 7.05 Å². The van der Waals surface area contributed by atoms with Gasteiger partial charge < -0.3 is 10.1 Å². The van der Waals surface area contributed by atoms with Crippen LogP contribution >= 0.6 is 0 Å². The Balaban J connectivity index is 2.12. The fraction of sp³-hybridized carbons (Fsp3) is 0.500. The largest absolute Gasteiger partial charge is 0.444 e. The molecule has 0 radical (unpaired) electrons. The SMILES string of the molecule is CC(NC(=O)OC(C)(C)C)c1cncn1-c1ccn(C)n1. The van der Waals surface area contributed by atoms with E-state index >= 15 is 0 Å². The van der Waals surface area contributed by atoms with E-state index in [-0.39, 0.29) is 6.04 Å². The second kappa shape index (κ2) is 5.59. The average Bonchev–Trinajstić information content (AvgIpc) is 2.93. The lowest BCUT2D eigenvalue weighted by molar-refractivity contribution is 0.0506. The average molecular weight is 291 g/mol. The molecule has 1 unspecified atom stereocenters. The Kier molecular flexibility index (Phi) is 4.02. The molecule has 2 rings (SSSR count). The molecule has 2 heterocycles. The molecule has 1 amide bonds. The van der Waals surface area contributed by atoms with Crippen LogP contribution in [0.5, 0.6) is 0 Å². The fourth-order valence-corrected chi connectivity index (χ4v) is 1.91. The monoisotopic (exact) mass is 291 g/mol. The molecule has 0 bridgehead atoms. The molecule has 21 heavy (non-hydrogen) atoms. The van der Waals surface area contributed by atoms with Crippen LogP contribution in [0.1, 0.15) is 39.4 Å². The molecule has 0 saturated carbocycles. The molecule has 0 aliphatic rings. The molecule has 1 N–H and O–H groups in total. The van der Waals surface area contributed by atoms with Crippen LogP contribution in [0.3, 0.4) is 0 Å². The zero-order valence-electron chi connectivity index (χ0n) is 13.0. The molecule has 0 aliphatic heterocycles. The van der Waals surface area contributed by atoms with Gasteiger partial charge in [-0.3, -0.25) is 9.25 Å². The van der Waals surface area contributed by atoms with Crippen LogP contribution in [-0.2, 0) is 11.8 Å². The number of rotatable bonds is 3. The van der Waals surface area contributed by atoms with Crippen molar-refractivity contribution >= 4 is 6.09 Å². The molecule has 0 aliphatic carbocycles. The number of aryl methyl sites for hydroxylation is 1. The van der Waals surface area contributed by atoms with Gasteiger partial charge in [0.05, 0.1) is 17.9 Å². The summed E-state index contributed by atoms with van der Waals surface area (Å²) in [4.78, 5) is 16.0. The summed E-state index contributed by atoms with van der Waals surface area (Å²) >= 11 is 0. The van der Waals surface area contributed by atoms with Gasteiger partial charge in [-0.05, 0) is 27.7 Å². The number of imidazole rings is 1. The van der Waals surface area contributed by atoms with Gasteiger partial charge in [0.15, 0.2) is 5.82 Å². The summed E-state index contributed by atoms with van der Waals surface area (Å²) in [6.07, 6.45) is 4.77. The summed E-state index contributed by atoms with van der Waals surface area (Å²) in [6.45, 7) is 7.36. The lowest BCUT2D eigenvalue weighted by Gasteiger charge is -2.22. The third-order valence-corrected chi connectivity index (χ3v) is 2.79. The summed E-state index contributed by atoms with van der Waals surface area (Å²) in [5, 5.41) is 7.13. The van der Waals surface area contributed by atoms with E-state index < -0.39 is 11.7 Å². The van der Waals surface area contributed by atoms with Crippen LogP contribution in [0.25, 0.3) is 5.82 Å². The Morgan fingerprint density at radius 1 is 1.43 bits per heavy atom. The summed E-state index contributed by atoms with van der Waals surface area (Å²) in [7, 11) is 1.85. The van der Waals surface area contributed by atoms with Crippen LogP contribution in [0.15, 0.2) is 24.8 Å². The van der Waals surface area contributed by atoms with E-state index in [0.29, 0.717) is 0 Å². The van der Waals surface area contributed by atoms with E-state index in [0.717, 1.165) is 11.5 Å². The summed E-state index contributed by atoms with van der Waals surface area (Å²) < 4.78 is 8.81. The van der Waals surface area contributed by atoms with Crippen molar-refractivity contribution in [2.75, 3.05) is 0 Å². The minimum Gasteiger partial charge on any atom is -0.444 e. The van der Waals surface area contributed by atoms with Gasteiger partial charge in [0.25, 0.3) is 0 Å². The molecule has 7 nitrogen and oxygen atoms in total. The molecule has 7 heteroatoms. The maximum Gasteiger partial charge on any atom is 0.408 e. The molecule has 114 valence electrons. The Morgan fingerprint density at radius 3 is 2.71 bits per heavy atom. The first-order chi connectivity index (χ1) is 9.76. The van der Waals surface area contributed by atoms with Crippen molar-refractivity contribution in [3.05, 3.63) is 30.5 Å². The van der Waals surface area contributed by atoms with Gasteiger partial charge >= 0.3 is 6.09 Å². The van der Waals surface area contributed by atoms with Gasteiger partial charge in [0, 0.05) is 19.3 Å². The van der Waals surface area contributed by atoms with Crippen LogP contribution in [0.4, 0.5) is 4.79 Å². The minimum absolute atomic E-state index is 0.246. The van der Waals surface area contributed by atoms with Crippen molar-refractivity contribution in [3.63, 3.8) is 0 Å². The second-order valence-electron chi connectivity index (χ2n) is 5.90. The molecule has 0 spiro atoms. The smallest absolute Gasteiger partial charge is 0.408 e. The summed E-state index contributed by atoms with van der Waals surface area (Å²) in [6, 6.07) is 1.63. The zero-order valence-corrected chi connectivity index (χ0v) is 13.0. The first-order valence-corrected chi connectivity index (χ1v) is 6.78. The van der Waals surface area contributed by atoms with Crippen molar-refractivity contribution in [2.45, 2.75) is 39.3 Å². The molecule has 2 aromatic rings. The van der Waals surface area contributed by atoms with Gasteiger partial charge in [-0.1, -0.05) is 0 Å². The third kappa shape index (κ3) is 3.84. The number of aromatic nitrogens is 4. The lowest BCUT2D eigenvalue weighted by atomic mass is 10.2. The number of nitrogens with one attached hydrogen (secondary N) is 1. The van der Waals surface area contributed by atoms with Crippen LogP contribution in [-0.4, -0.2) is 31.0 Å². The van der Waals surface area contributed by atoms with E-state index in [1.54, 1.807) is 17.2 Å². The highest BCUT2D eigenvalue weighted by molar-refractivity contribution is 5.68. The maximum absolute atomic E-state index is 11.8. The third-order valence-electron chi connectivity index (χ3n) is 2.79. The number of carbonyl (C=O) groups excluding carboxylic acids is 1. The van der Waals surface area contributed by atoms with Gasteiger partial charge in [-0.15, -0.1) is 0 Å². The van der Waals surface area contributed by atoms with E-state index in [1.807, 2.05) is 51.6 Å². The number of hydrogen-bond acceptors (Lipinski definition) is 4. The first kappa shape index (κ1) is 15.1. The van der Waals surface area contributed by atoms with E-state index in [2.05, 4.69) is 15.4 Å². The quantitative estimate of drug-likeness (QED) is 0.940. The highest BCUT2D eigenvalue weighted by atomic mass is 16.6. The Bertz CT molecular complexity index is 623. The van der Waals surface area contributed by atoms with Crippen molar-refractivity contribution in [3.8, 4) is 5.82 Å². The normalized spacial score (nSPS) is 13.0. The minimum atomic E-state index is -0.523. The highest BCUT2D eigenvalue weighted by Gasteiger charge is 2.20. The predicted molar refractivity (Wildman–Crippen MR) is 78.1 cm³/mol. The Labute approximate surface area is 123 Å². The lowest BCUT2D eigenvalue weighted by Crippen LogP contribution is -2.34. The van der Waals surface area contributed by atoms with Crippen LogP contribution in [0.2, 0.25) is 0 Å². The topological polar surface area (TPSA) is 74.0 Å². The molecule has 1 atom stereocenters. The summed E-state index contributed by atoms with van der Waals surface area (Å²) in [5.41, 5.74) is 0.310. The molecular formula is C14H21N5O2. The van der Waals surface area contributed by atoms with Gasteiger partial charge in [-0.25, -0.2) is 9.78 Å². The Morgan fingerprint density at radius 2 is 2.14 bits per heavy atom. The predicted octanol–water partition coefficient (Wildman–Crippen LogP) is 2.19. The number of carbonyl (C=O) groups is 1. The summed E-state index contributed by atoms with van der Waals surface area (Å²) in [5.74, 6) is 0.753. The standard InChI is InChI=1S/C14H21N5O2/c1-10(16-13(20)21-14(2,3)4)11-8-15-9-19(11)12-6-7-18(5)17-12/h6-10H,1-5H3,(H,16,20). The zero-order chi connectivity index (χ0) is 15.6. The van der Waals surface area contributed by atoms with Gasteiger partial charge in [0.2, 0.25) is 0 Å². The number of hydrogen-bond donors (Lipinski definition) is 1. The number of amides is 1. The van der Waals surface area contributed by atoms with Crippen molar-refractivity contribution in [1.82, 2.24) is 24.6 Å². The fourth-order valence-electron chi connectivity index (χ4n) is 1.91. The Hall–Kier alpha value is -2.31. The van der Waals surface area contributed by atoms with E-state index in [1.165, 1.54) is 0 Å². The first-order valence-electron chi connectivity index (χ1n) is 6.78. The van der Waals surface area contributed by atoms with E-state index in [4.69, 9.17) is 4.74 Å². The van der Waals surface area contributed by atoms with Crippen LogP contribution in [0, 0.1) is 0 Å². The number of alkyl carbamates (subject to hydrolysis) is 1. The van der Waals surface area contributed by atoms with Gasteiger partial charge in [0.1, 0.15) is 11.9 Å². The number of nitrogens with zero attached hydrogens (tertiary/aromatic N) is 4. The van der Waals surface area contributed by atoms with Crippen LogP contribution < -0.4 is 5.32 Å². The molecule has 2 aromatic heterocycles. The highest BCUT2D eigenvalue weighted by Crippen LogP contribution is 2.17. The van der Waals surface area contributed by atoms with E-state index in [9.17, 15) is 4.79 Å². The van der Waals surface area contributed by atoms with Gasteiger partial charge in [-0.2, -0.15) is 5.10 Å². The molecule has 0 fully saturated rings. The molecule has 0 saturated heterocycles.